The van der Waals surface area contributed by atoms with E-state index in [4.69, 9.17) is 0 Å². The molecule has 1 N–H and O–H groups in total. The maximum atomic E-state index is 12.4. The molecule has 0 bridgehead atoms. The minimum atomic E-state index is -0.475. The third-order valence-electron chi connectivity index (χ3n) is 4.07. The third kappa shape index (κ3) is 2.96. The molecule has 0 aromatic heterocycles. The molecular formula is C19H16N2O3. The van der Waals surface area contributed by atoms with Crippen LogP contribution in [-0.4, -0.2) is 10.8 Å². The van der Waals surface area contributed by atoms with Crippen LogP contribution in [0, 0.1) is 17.0 Å². The molecule has 5 heteroatoms. The highest BCUT2D eigenvalue weighted by atomic mass is 16.6. The first kappa shape index (κ1) is 15.7. The van der Waals surface area contributed by atoms with E-state index in [1.54, 1.807) is 13.0 Å². The number of nitro groups is 1. The van der Waals surface area contributed by atoms with Crippen LogP contribution in [0.4, 0.5) is 5.69 Å². The fourth-order valence-corrected chi connectivity index (χ4v) is 2.78. The smallest absolute Gasteiger partial charge is 0.273 e. The topological polar surface area (TPSA) is 72.2 Å². The predicted molar refractivity (Wildman–Crippen MR) is 93.0 cm³/mol. The summed E-state index contributed by atoms with van der Waals surface area (Å²) in [4.78, 5) is 22.9. The normalized spacial score (nSPS) is 10.5. The molecule has 0 spiro atoms. The van der Waals surface area contributed by atoms with Gasteiger partial charge in [-0.05, 0) is 29.3 Å². The Morgan fingerprint density at radius 2 is 1.75 bits per heavy atom. The van der Waals surface area contributed by atoms with Crippen molar-refractivity contribution in [2.45, 2.75) is 13.5 Å². The number of carbonyl (C=O) groups excluding carboxylic acids is 1. The van der Waals surface area contributed by atoms with Gasteiger partial charge in [-0.1, -0.05) is 48.5 Å². The van der Waals surface area contributed by atoms with E-state index < -0.39 is 4.92 Å². The Morgan fingerprint density at radius 3 is 2.54 bits per heavy atom. The maximum Gasteiger partial charge on any atom is 0.273 e. The Labute approximate surface area is 139 Å². The van der Waals surface area contributed by atoms with Crippen LogP contribution in [0.1, 0.15) is 21.5 Å². The van der Waals surface area contributed by atoms with Crippen molar-refractivity contribution in [3.8, 4) is 0 Å². The van der Waals surface area contributed by atoms with Gasteiger partial charge < -0.3 is 5.32 Å². The van der Waals surface area contributed by atoms with Gasteiger partial charge in [-0.3, -0.25) is 14.9 Å². The van der Waals surface area contributed by atoms with Crippen molar-refractivity contribution in [3.63, 3.8) is 0 Å². The molecule has 0 aliphatic rings. The maximum absolute atomic E-state index is 12.4. The summed E-state index contributed by atoms with van der Waals surface area (Å²) in [7, 11) is 0. The van der Waals surface area contributed by atoms with Crippen molar-refractivity contribution in [1.29, 1.82) is 0 Å². The minimum absolute atomic E-state index is 0.0483. The summed E-state index contributed by atoms with van der Waals surface area (Å²) in [5.41, 5.74) is 1.65. The lowest BCUT2D eigenvalue weighted by Gasteiger charge is -2.10. The highest BCUT2D eigenvalue weighted by molar-refractivity contribution is 5.97. The van der Waals surface area contributed by atoms with Crippen molar-refractivity contribution < 1.29 is 9.72 Å². The summed E-state index contributed by atoms with van der Waals surface area (Å²) < 4.78 is 0. The Bertz CT molecular complexity index is 930. The SMILES string of the molecule is Cc1c(C(=O)NCc2cccc3ccccc23)cccc1[N+](=O)[O-]. The van der Waals surface area contributed by atoms with Crippen LogP contribution in [-0.2, 0) is 6.54 Å². The molecule has 3 aromatic carbocycles. The number of fused-ring (bicyclic) bond motifs is 1. The van der Waals surface area contributed by atoms with Gasteiger partial charge in [0.05, 0.1) is 4.92 Å². The molecule has 0 radical (unpaired) electrons. The quantitative estimate of drug-likeness (QED) is 0.583. The molecule has 24 heavy (non-hydrogen) atoms. The number of benzene rings is 3. The van der Waals surface area contributed by atoms with E-state index in [-0.39, 0.29) is 11.6 Å². The highest BCUT2D eigenvalue weighted by Gasteiger charge is 2.17. The van der Waals surface area contributed by atoms with E-state index in [0.717, 1.165) is 16.3 Å². The van der Waals surface area contributed by atoms with Gasteiger partial charge in [0.2, 0.25) is 0 Å². The Hall–Kier alpha value is -3.21. The molecule has 0 atom stereocenters. The zero-order valence-electron chi connectivity index (χ0n) is 13.2. The molecule has 0 fully saturated rings. The van der Waals surface area contributed by atoms with E-state index in [9.17, 15) is 14.9 Å². The van der Waals surface area contributed by atoms with E-state index in [1.807, 2.05) is 42.5 Å². The van der Waals surface area contributed by atoms with Gasteiger partial charge in [-0.25, -0.2) is 0 Å². The van der Waals surface area contributed by atoms with E-state index >= 15 is 0 Å². The van der Waals surface area contributed by atoms with Crippen LogP contribution in [0.25, 0.3) is 10.8 Å². The van der Waals surface area contributed by atoms with Crippen LogP contribution < -0.4 is 5.32 Å². The van der Waals surface area contributed by atoms with Gasteiger partial charge in [-0.2, -0.15) is 0 Å². The molecule has 3 aromatic rings. The molecule has 1 amide bonds. The first-order valence-corrected chi connectivity index (χ1v) is 7.57. The molecule has 5 nitrogen and oxygen atoms in total. The highest BCUT2D eigenvalue weighted by Crippen LogP contribution is 2.22. The van der Waals surface area contributed by atoms with Gasteiger partial charge >= 0.3 is 0 Å². The van der Waals surface area contributed by atoms with Crippen molar-refractivity contribution in [3.05, 3.63) is 87.5 Å². The molecule has 3 rings (SSSR count). The number of nitro benzene ring substituents is 1. The summed E-state index contributed by atoms with van der Waals surface area (Å²) in [5.74, 6) is -0.316. The predicted octanol–water partition coefficient (Wildman–Crippen LogP) is 3.99. The van der Waals surface area contributed by atoms with Gasteiger partial charge in [0.15, 0.2) is 0 Å². The van der Waals surface area contributed by atoms with Crippen molar-refractivity contribution in [2.75, 3.05) is 0 Å². The van der Waals surface area contributed by atoms with Crippen LogP contribution in [0.15, 0.2) is 60.7 Å². The summed E-state index contributed by atoms with van der Waals surface area (Å²) in [5, 5.41) is 16.0. The van der Waals surface area contributed by atoms with E-state index in [2.05, 4.69) is 5.32 Å². The van der Waals surface area contributed by atoms with Crippen molar-refractivity contribution in [1.82, 2.24) is 5.32 Å². The van der Waals surface area contributed by atoms with Crippen molar-refractivity contribution in [2.24, 2.45) is 0 Å². The minimum Gasteiger partial charge on any atom is -0.348 e. The zero-order chi connectivity index (χ0) is 17.1. The number of rotatable bonds is 4. The van der Waals surface area contributed by atoms with E-state index in [1.165, 1.54) is 12.1 Å². The Morgan fingerprint density at radius 1 is 1.04 bits per heavy atom. The average Bonchev–Trinajstić information content (AvgIpc) is 2.59. The molecule has 0 saturated heterocycles. The standard InChI is InChI=1S/C19H16N2O3/c1-13-16(10-5-11-18(13)21(23)24)19(22)20-12-15-8-4-7-14-6-2-3-9-17(14)15/h2-11H,12H2,1H3,(H,20,22). The zero-order valence-corrected chi connectivity index (χ0v) is 13.2. The molecular weight excluding hydrogens is 304 g/mol. The van der Waals surface area contributed by atoms with Gasteiger partial charge in [-0.15, -0.1) is 0 Å². The van der Waals surface area contributed by atoms with Crippen LogP contribution in [0.5, 0.6) is 0 Å². The van der Waals surface area contributed by atoms with Gasteiger partial charge in [0.25, 0.3) is 11.6 Å². The monoisotopic (exact) mass is 320 g/mol. The second-order valence-electron chi connectivity index (χ2n) is 5.53. The molecule has 0 saturated carbocycles. The van der Waals surface area contributed by atoms with Crippen LogP contribution in [0.3, 0.4) is 0 Å². The average molecular weight is 320 g/mol. The third-order valence-corrected chi connectivity index (χ3v) is 4.07. The van der Waals surface area contributed by atoms with Crippen LogP contribution >= 0.6 is 0 Å². The largest absolute Gasteiger partial charge is 0.348 e. The summed E-state index contributed by atoms with van der Waals surface area (Å²) in [6.07, 6.45) is 0. The lowest BCUT2D eigenvalue weighted by Crippen LogP contribution is -2.24. The first-order chi connectivity index (χ1) is 11.6. The fourth-order valence-electron chi connectivity index (χ4n) is 2.78. The Balaban J connectivity index is 1.83. The second kappa shape index (κ2) is 6.50. The lowest BCUT2D eigenvalue weighted by molar-refractivity contribution is -0.385. The summed E-state index contributed by atoms with van der Waals surface area (Å²) in [6, 6.07) is 18.4. The summed E-state index contributed by atoms with van der Waals surface area (Å²) in [6.45, 7) is 1.95. The van der Waals surface area contributed by atoms with Crippen molar-refractivity contribution >= 4 is 22.4 Å². The van der Waals surface area contributed by atoms with Gasteiger partial charge in [0, 0.05) is 23.7 Å². The first-order valence-electron chi connectivity index (χ1n) is 7.57. The molecule has 0 aliphatic carbocycles. The molecule has 0 aliphatic heterocycles. The second-order valence-corrected chi connectivity index (χ2v) is 5.53. The molecule has 0 heterocycles. The Kier molecular flexibility index (Phi) is 4.24. The van der Waals surface area contributed by atoms with Crippen LogP contribution in [0.2, 0.25) is 0 Å². The summed E-state index contributed by atoms with van der Waals surface area (Å²) >= 11 is 0. The number of nitrogens with one attached hydrogen (secondary N) is 1. The lowest BCUT2D eigenvalue weighted by atomic mass is 10.0. The van der Waals surface area contributed by atoms with Gasteiger partial charge in [0.1, 0.15) is 0 Å². The number of hydrogen-bond acceptors (Lipinski definition) is 3. The molecule has 120 valence electrons. The number of amides is 1. The van der Waals surface area contributed by atoms with E-state index in [0.29, 0.717) is 17.7 Å². The number of carbonyl (C=O) groups is 1. The fraction of sp³-hybridized carbons (Fsp3) is 0.105. The number of hydrogen-bond donors (Lipinski definition) is 1. The number of nitrogens with zero attached hydrogens (tertiary/aromatic N) is 1. The molecule has 0 unspecified atom stereocenters.